The van der Waals surface area contributed by atoms with E-state index in [1.807, 2.05) is 108 Å². The molecule has 4 heterocycles. The van der Waals surface area contributed by atoms with Crippen molar-refractivity contribution in [3.8, 4) is 0 Å². The first-order valence-electron chi connectivity index (χ1n) is 13.4. The molecule has 1 atom stereocenters. The Morgan fingerprint density at radius 3 is 2.44 bits per heavy atom. The van der Waals surface area contributed by atoms with E-state index >= 15 is 0 Å². The molecule has 8 rings (SSSR count). The van der Waals surface area contributed by atoms with Gasteiger partial charge in [0.2, 0.25) is 0 Å². The number of halogens is 1. The van der Waals surface area contributed by atoms with Crippen molar-refractivity contribution in [1.29, 1.82) is 0 Å². The van der Waals surface area contributed by atoms with Gasteiger partial charge in [-0.25, -0.2) is 15.0 Å². The molecule has 198 valence electrons. The van der Waals surface area contributed by atoms with Gasteiger partial charge < -0.3 is 8.98 Å². The van der Waals surface area contributed by atoms with Gasteiger partial charge in [-0.2, -0.15) is 5.10 Å². The Balaban J connectivity index is 1.23. The van der Waals surface area contributed by atoms with E-state index in [4.69, 9.17) is 31.1 Å². The lowest BCUT2D eigenvalue weighted by atomic mass is 10.0. The van der Waals surface area contributed by atoms with Crippen molar-refractivity contribution in [2.45, 2.75) is 19.0 Å². The molecule has 0 fully saturated rings. The molecular weight excluding hydrogens is 534 g/mol. The molecule has 1 aliphatic rings. The molecule has 1 amide bonds. The number of carbonyl (C=O) groups excluding carboxylic acids is 1. The first-order chi connectivity index (χ1) is 20.1. The maximum absolute atomic E-state index is 14.2. The van der Waals surface area contributed by atoms with Crippen LogP contribution in [-0.2, 0) is 11.3 Å². The van der Waals surface area contributed by atoms with Crippen LogP contribution >= 0.6 is 11.6 Å². The van der Waals surface area contributed by atoms with E-state index in [1.54, 1.807) is 5.01 Å². The summed E-state index contributed by atoms with van der Waals surface area (Å²) in [7, 11) is 0. The van der Waals surface area contributed by atoms with Crippen LogP contribution in [0, 0.1) is 0 Å². The number of hydrazone groups is 1. The van der Waals surface area contributed by atoms with Gasteiger partial charge in [0.1, 0.15) is 23.4 Å². The van der Waals surface area contributed by atoms with Gasteiger partial charge in [0, 0.05) is 22.2 Å². The van der Waals surface area contributed by atoms with Gasteiger partial charge in [0.15, 0.2) is 11.4 Å². The molecule has 41 heavy (non-hydrogen) atoms. The van der Waals surface area contributed by atoms with Crippen molar-refractivity contribution >= 4 is 67.3 Å². The van der Waals surface area contributed by atoms with E-state index in [9.17, 15) is 4.79 Å². The summed E-state index contributed by atoms with van der Waals surface area (Å²) in [6, 6.07) is 32.8. The Labute approximate surface area is 239 Å². The number of aromatic nitrogens is 3. The van der Waals surface area contributed by atoms with Crippen LogP contribution < -0.4 is 0 Å². The van der Waals surface area contributed by atoms with E-state index in [1.165, 1.54) is 0 Å². The number of furan rings is 1. The number of carbonyl (C=O) groups is 1. The van der Waals surface area contributed by atoms with Crippen LogP contribution in [0.3, 0.4) is 0 Å². The number of hydrogen-bond acceptors (Lipinski definition) is 5. The maximum Gasteiger partial charge on any atom is 0.263 e. The second kappa shape index (κ2) is 9.28. The Morgan fingerprint density at radius 1 is 0.878 bits per heavy atom. The average Bonchev–Trinajstić information content (AvgIpc) is 3.71. The smallest absolute Gasteiger partial charge is 0.263 e. The van der Waals surface area contributed by atoms with Crippen molar-refractivity contribution in [2.24, 2.45) is 5.10 Å². The lowest BCUT2D eigenvalue weighted by molar-refractivity contribution is -0.133. The molecule has 0 N–H and O–H groups in total. The molecule has 0 saturated heterocycles. The van der Waals surface area contributed by atoms with Gasteiger partial charge in [-0.15, -0.1) is 0 Å². The third-order valence-corrected chi connectivity index (χ3v) is 7.93. The van der Waals surface area contributed by atoms with Gasteiger partial charge in [-0.05, 0) is 48.0 Å². The Hall–Kier alpha value is -5.01. The number of nitrogens with zero attached hydrogens (tertiary/aromatic N) is 5. The molecule has 7 nitrogen and oxygen atoms in total. The molecular formula is C33H22ClN5O2. The number of rotatable bonds is 4. The third kappa shape index (κ3) is 3.97. The number of hydrogen-bond donors (Lipinski definition) is 0. The zero-order valence-corrected chi connectivity index (χ0v) is 22.5. The van der Waals surface area contributed by atoms with Crippen molar-refractivity contribution in [3.63, 3.8) is 0 Å². The highest BCUT2D eigenvalue weighted by Gasteiger charge is 2.35. The zero-order chi connectivity index (χ0) is 27.5. The first kappa shape index (κ1) is 23.8. The highest BCUT2D eigenvalue weighted by molar-refractivity contribution is 6.30. The molecule has 0 bridgehead atoms. The van der Waals surface area contributed by atoms with Gasteiger partial charge in [0.05, 0.1) is 22.6 Å². The maximum atomic E-state index is 14.2. The summed E-state index contributed by atoms with van der Waals surface area (Å²) in [5.74, 6) is 0.503. The van der Waals surface area contributed by atoms with E-state index in [2.05, 4.69) is 0 Å². The molecule has 7 aromatic rings. The molecule has 0 saturated carbocycles. The van der Waals surface area contributed by atoms with Gasteiger partial charge in [-0.1, -0.05) is 72.3 Å². The van der Waals surface area contributed by atoms with E-state index in [-0.39, 0.29) is 18.5 Å². The van der Waals surface area contributed by atoms with Gasteiger partial charge >= 0.3 is 0 Å². The SMILES string of the molecule is O=C(Cn1c2ccccc2c2nc3ccccc3nc21)N1N=C(c2cc3ccccc3o2)CC1c1ccc(Cl)cc1. The van der Waals surface area contributed by atoms with Crippen molar-refractivity contribution in [2.75, 3.05) is 0 Å². The number of fused-ring (bicyclic) bond motifs is 5. The summed E-state index contributed by atoms with van der Waals surface area (Å²) >= 11 is 6.19. The highest BCUT2D eigenvalue weighted by atomic mass is 35.5. The summed E-state index contributed by atoms with van der Waals surface area (Å²) in [5, 5.41) is 9.02. The highest BCUT2D eigenvalue weighted by Crippen LogP contribution is 2.36. The van der Waals surface area contributed by atoms with E-state index < -0.39 is 0 Å². The van der Waals surface area contributed by atoms with Crippen LogP contribution in [0.4, 0.5) is 0 Å². The van der Waals surface area contributed by atoms with Crippen molar-refractivity contribution in [1.82, 2.24) is 19.5 Å². The first-order valence-corrected chi connectivity index (χ1v) is 13.8. The molecule has 4 aromatic carbocycles. The zero-order valence-electron chi connectivity index (χ0n) is 21.7. The van der Waals surface area contributed by atoms with Gasteiger partial charge in [0.25, 0.3) is 5.91 Å². The monoisotopic (exact) mass is 555 g/mol. The molecule has 0 aliphatic carbocycles. The number of amides is 1. The Bertz CT molecular complexity index is 2130. The minimum Gasteiger partial charge on any atom is -0.455 e. The normalized spacial score (nSPS) is 15.4. The van der Waals surface area contributed by atoms with Crippen molar-refractivity contribution in [3.05, 3.63) is 119 Å². The third-order valence-electron chi connectivity index (χ3n) is 7.68. The molecule has 1 unspecified atom stereocenters. The quantitative estimate of drug-likeness (QED) is 0.225. The molecule has 1 aliphatic heterocycles. The Kier molecular flexibility index (Phi) is 5.40. The summed E-state index contributed by atoms with van der Waals surface area (Å²) in [6.07, 6.45) is 0.519. The fourth-order valence-electron chi connectivity index (χ4n) is 5.71. The summed E-state index contributed by atoms with van der Waals surface area (Å²) in [5.41, 5.74) is 6.40. The lowest BCUT2D eigenvalue weighted by Gasteiger charge is -2.22. The largest absolute Gasteiger partial charge is 0.455 e. The molecule has 0 spiro atoms. The number of para-hydroxylation sites is 4. The Morgan fingerprint density at radius 2 is 1.61 bits per heavy atom. The topological polar surface area (TPSA) is 76.5 Å². The van der Waals surface area contributed by atoms with Crippen LogP contribution in [0.5, 0.6) is 0 Å². The number of benzene rings is 4. The average molecular weight is 556 g/mol. The van der Waals surface area contributed by atoms with Crippen LogP contribution in [0.2, 0.25) is 5.02 Å². The fraction of sp³-hybridized carbons (Fsp3) is 0.0909. The summed E-state index contributed by atoms with van der Waals surface area (Å²) < 4.78 is 8.08. The fourth-order valence-corrected chi connectivity index (χ4v) is 5.83. The minimum atomic E-state index is -0.303. The van der Waals surface area contributed by atoms with Crippen LogP contribution in [0.15, 0.2) is 113 Å². The lowest BCUT2D eigenvalue weighted by Crippen LogP contribution is -2.30. The second-order valence-electron chi connectivity index (χ2n) is 10.2. The second-order valence-corrected chi connectivity index (χ2v) is 10.6. The van der Waals surface area contributed by atoms with Crippen LogP contribution in [0.25, 0.3) is 44.1 Å². The van der Waals surface area contributed by atoms with Crippen LogP contribution in [-0.4, -0.2) is 31.2 Å². The standard InChI is InChI=1S/C33H22ClN5O2/c34-22-15-13-20(14-16-22)28-18-26(30-17-21-7-1-6-12-29(21)41-30)37-39(28)31(40)19-38-27-11-5-2-8-23(27)32-33(38)36-25-10-4-3-9-24(25)35-32/h1-17,28H,18-19H2. The molecule has 0 radical (unpaired) electrons. The predicted octanol–water partition coefficient (Wildman–Crippen LogP) is 7.52. The minimum absolute atomic E-state index is 0.0536. The molecule has 8 heteroatoms. The van der Waals surface area contributed by atoms with Crippen molar-refractivity contribution < 1.29 is 9.21 Å². The van der Waals surface area contributed by atoms with E-state index in [0.29, 0.717) is 22.9 Å². The summed E-state index contributed by atoms with van der Waals surface area (Å²) in [6.45, 7) is 0.0536. The van der Waals surface area contributed by atoms with E-state index in [0.717, 1.165) is 49.7 Å². The van der Waals surface area contributed by atoms with Crippen LogP contribution in [0.1, 0.15) is 23.8 Å². The van der Waals surface area contributed by atoms with Gasteiger partial charge in [-0.3, -0.25) is 4.79 Å². The summed E-state index contributed by atoms with van der Waals surface area (Å²) in [4.78, 5) is 24.0. The molecule has 3 aromatic heterocycles. The predicted molar refractivity (Wildman–Crippen MR) is 161 cm³/mol.